The first-order valence-corrected chi connectivity index (χ1v) is 13.6. The van der Waals surface area contributed by atoms with Crippen molar-refractivity contribution in [1.29, 1.82) is 0 Å². The Morgan fingerprint density at radius 1 is 1.00 bits per heavy atom. The summed E-state index contributed by atoms with van der Waals surface area (Å²) in [6.07, 6.45) is 1.97. The van der Waals surface area contributed by atoms with Crippen molar-refractivity contribution in [1.82, 2.24) is 24.6 Å². The average Bonchev–Trinajstić information content (AvgIpc) is 3.32. The molecule has 2 aromatic carbocycles. The van der Waals surface area contributed by atoms with Crippen LogP contribution in [0.3, 0.4) is 0 Å². The standard InChI is InChI=1S/C30H35FN6O3/c1-6-8-19(2)27-32-28(25-20(3)34-37(29(25)33-27)22-13-11-21(31)12-14-22)35-15-17-36(18-16-35)30(38)26-23(39-4)9-7-10-24(26)40-5/h7,9-14,19H,6,8,15-18H2,1-5H3/t19-/m1/s1. The van der Waals surface area contributed by atoms with Gasteiger partial charge >= 0.3 is 0 Å². The maximum atomic E-state index is 13.7. The van der Waals surface area contributed by atoms with Crippen molar-refractivity contribution in [3.63, 3.8) is 0 Å². The number of hydrogen-bond acceptors (Lipinski definition) is 7. The highest BCUT2D eigenvalue weighted by Crippen LogP contribution is 2.33. The van der Waals surface area contributed by atoms with Gasteiger partial charge in [-0.05, 0) is 49.7 Å². The molecule has 1 aliphatic heterocycles. The monoisotopic (exact) mass is 546 g/mol. The fraction of sp³-hybridized carbons (Fsp3) is 0.400. The topological polar surface area (TPSA) is 85.6 Å². The van der Waals surface area contributed by atoms with E-state index in [2.05, 4.69) is 18.7 Å². The van der Waals surface area contributed by atoms with Gasteiger partial charge in [0.1, 0.15) is 34.5 Å². The Morgan fingerprint density at radius 2 is 1.65 bits per heavy atom. The molecule has 4 aromatic rings. The first-order chi connectivity index (χ1) is 19.4. The van der Waals surface area contributed by atoms with Crippen LogP contribution >= 0.6 is 0 Å². The van der Waals surface area contributed by atoms with Crippen LogP contribution in [0.1, 0.15) is 54.5 Å². The maximum Gasteiger partial charge on any atom is 0.261 e. The molecule has 1 atom stereocenters. The van der Waals surface area contributed by atoms with Crippen LogP contribution in [0.15, 0.2) is 42.5 Å². The normalized spacial score (nSPS) is 14.4. The van der Waals surface area contributed by atoms with Gasteiger partial charge in [0.25, 0.3) is 5.91 Å². The minimum atomic E-state index is -0.303. The number of piperazine rings is 1. The summed E-state index contributed by atoms with van der Waals surface area (Å²) in [7, 11) is 3.10. The lowest BCUT2D eigenvalue weighted by molar-refractivity contribution is 0.0739. The number of fused-ring (bicyclic) bond motifs is 1. The van der Waals surface area contributed by atoms with E-state index in [1.807, 2.05) is 11.8 Å². The zero-order valence-electron chi connectivity index (χ0n) is 23.6. The van der Waals surface area contributed by atoms with Gasteiger partial charge in [0, 0.05) is 32.1 Å². The van der Waals surface area contributed by atoms with E-state index in [0.717, 1.165) is 41.3 Å². The molecule has 1 aliphatic rings. The first-order valence-electron chi connectivity index (χ1n) is 13.6. The predicted molar refractivity (Wildman–Crippen MR) is 152 cm³/mol. The Balaban J connectivity index is 1.50. The van der Waals surface area contributed by atoms with Gasteiger partial charge in [-0.25, -0.2) is 19.0 Å². The average molecular weight is 547 g/mol. The third-order valence-electron chi connectivity index (χ3n) is 7.44. The molecular weight excluding hydrogens is 511 g/mol. The van der Waals surface area contributed by atoms with Crippen LogP contribution < -0.4 is 14.4 Å². The lowest BCUT2D eigenvalue weighted by atomic mass is 10.1. The van der Waals surface area contributed by atoms with E-state index in [-0.39, 0.29) is 17.6 Å². The Bertz CT molecular complexity index is 1490. The van der Waals surface area contributed by atoms with Gasteiger partial charge in [-0.2, -0.15) is 5.10 Å². The van der Waals surface area contributed by atoms with Crippen LogP contribution in [0.4, 0.5) is 10.2 Å². The molecule has 1 saturated heterocycles. The van der Waals surface area contributed by atoms with Crippen LogP contribution in [0.2, 0.25) is 0 Å². The van der Waals surface area contributed by atoms with Crippen LogP contribution in [0.25, 0.3) is 16.7 Å². The summed E-state index contributed by atoms with van der Waals surface area (Å²) in [6, 6.07) is 11.6. The molecule has 0 bridgehead atoms. The lowest BCUT2D eigenvalue weighted by Gasteiger charge is -2.36. The van der Waals surface area contributed by atoms with E-state index in [9.17, 15) is 9.18 Å². The summed E-state index contributed by atoms with van der Waals surface area (Å²) < 4.78 is 26.4. The number of amides is 1. The fourth-order valence-electron chi connectivity index (χ4n) is 5.29. The van der Waals surface area contributed by atoms with E-state index in [1.54, 1.807) is 49.2 Å². The fourth-order valence-corrected chi connectivity index (χ4v) is 5.29. The molecule has 1 fully saturated rings. The third-order valence-corrected chi connectivity index (χ3v) is 7.44. The van der Waals surface area contributed by atoms with E-state index < -0.39 is 0 Å². The highest BCUT2D eigenvalue weighted by atomic mass is 19.1. The summed E-state index contributed by atoms with van der Waals surface area (Å²) in [5.41, 5.74) is 2.66. The minimum Gasteiger partial charge on any atom is -0.496 e. The molecule has 0 aliphatic carbocycles. The zero-order chi connectivity index (χ0) is 28.4. The number of carbonyl (C=O) groups excluding carboxylic acids is 1. The first kappa shape index (κ1) is 27.4. The number of ether oxygens (including phenoxy) is 2. The quantitative estimate of drug-likeness (QED) is 0.302. The zero-order valence-corrected chi connectivity index (χ0v) is 23.6. The Labute approximate surface area is 233 Å². The van der Waals surface area contributed by atoms with Gasteiger partial charge in [0.2, 0.25) is 0 Å². The minimum absolute atomic E-state index is 0.126. The molecule has 5 rings (SSSR count). The molecule has 0 N–H and O–H groups in total. The number of rotatable bonds is 8. The van der Waals surface area contributed by atoms with Gasteiger partial charge in [-0.15, -0.1) is 0 Å². The number of halogens is 1. The molecular formula is C30H35FN6O3. The van der Waals surface area contributed by atoms with Gasteiger partial charge in [-0.1, -0.05) is 26.3 Å². The van der Waals surface area contributed by atoms with Crippen molar-refractivity contribution >= 4 is 22.8 Å². The third kappa shape index (κ3) is 5.05. The van der Waals surface area contributed by atoms with Crippen LogP contribution in [0.5, 0.6) is 11.5 Å². The second-order valence-electron chi connectivity index (χ2n) is 10.1. The summed E-state index contributed by atoms with van der Waals surface area (Å²) in [5.74, 6) is 2.28. The Morgan fingerprint density at radius 3 is 2.25 bits per heavy atom. The summed E-state index contributed by atoms with van der Waals surface area (Å²) in [6.45, 7) is 8.44. The second kappa shape index (κ2) is 11.5. The van der Waals surface area contributed by atoms with E-state index in [4.69, 9.17) is 24.5 Å². The molecule has 40 heavy (non-hydrogen) atoms. The molecule has 2 aromatic heterocycles. The summed E-state index contributed by atoms with van der Waals surface area (Å²) in [5, 5.41) is 5.65. The van der Waals surface area contributed by atoms with Crippen molar-refractivity contribution in [3.05, 3.63) is 65.4 Å². The van der Waals surface area contributed by atoms with Crippen LogP contribution in [-0.4, -0.2) is 71.0 Å². The number of methoxy groups -OCH3 is 2. The van der Waals surface area contributed by atoms with Gasteiger partial charge in [-0.3, -0.25) is 4.79 Å². The van der Waals surface area contributed by atoms with Gasteiger partial charge in [0.05, 0.1) is 31.0 Å². The number of nitrogens with zero attached hydrogens (tertiary/aromatic N) is 6. The molecule has 0 unspecified atom stereocenters. The molecule has 0 radical (unpaired) electrons. The van der Waals surface area contributed by atoms with Crippen molar-refractivity contribution in [2.24, 2.45) is 0 Å². The van der Waals surface area contributed by atoms with E-state index in [1.165, 1.54) is 12.1 Å². The highest BCUT2D eigenvalue weighted by Gasteiger charge is 2.30. The van der Waals surface area contributed by atoms with E-state index >= 15 is 0 Å². The number of aryl methyl sites for hydroxylation is 1. The largest absolute Gasteiger partial charge is 0.496 e. The number of carbonyl (C=O) groups is 1. The molecule has 210 valence electrons. The smallest absolute Gasteiger partial charge is 0.261 e. The molecule has 0 spiro atoms. The predicted octanol–water partition coefficient (Wildman–Crippen LogP) is 5.15. The Kier molecular flexibility index (Phi) is 7.86. The van der Waals surface area contributed by atoms with Gasteiger partial charge in [0.15, 0.2) is 5.65 Å². The molecule has 0 saturated carbocycles. The molecule has 3 heterocycles. The summed E-state index contributed by atoms with van der Waals surface area (Å²) >= 11 is 0. The molecule has 9 nitrogen and oxygen atoms in total. The second-order valence-corrected chi connectivity index (χ2v) is 10.1. The van der Waals surface area contributed by atoms with Crippen molar-refractivity contribution in [2.45, 2.75) is 39.5 Å². The SMILES string of the molecule is CCC[C@@H](C)c1nc(N2CCN(C(=O)c3c(OC)cccc3OC)CC2)c2c(C)nn(-c3ccc(F)cc3)c2n1. The number of aromatic nitrogens is 4. The Hall–Kier alpha value is -4.21. The summed E-state index contributed by atoms with van der Waals surface area (Å²) in [4.78, 5) is 27.6. The molecule has 10 heteroatoms. The maximum absolute atomic E-state index is 13.7. The van der Waals surface area contributed by atoms with Crippen LogP contribution in [-0.2, 0) is 0 Å². The highest BCUT2D eigenvalue weighted by molar-refractivity contribution is 6.00. The van der Waals surface area contributed by atoms with Crippen molar-refractivity contribution in [3.8, 4) is 17.2 Å². The van der Waals surface area contributed by atoms with Crippen molar-refractivity contribution < 1.29 is 18.7 Å². The van der Waals surface area contributed by atoms with E-state index in [0.29, 0.717) is 48.9 Å². The van der Waals surface area contributed by atoms with Crippen molar-refractivity contribution in [2.75, 3.05) is 45.3 Å². The number of hydrogen-bond donors (Lipinski definition) is 0. The number of benzene rings is 2. The number of anilines is 1. The van der Waals surface area contributed by atoms with Gasteiger partial charge < -0.3 is 19.3 Å². The molecule has 1 amide bonds. The van der Waals surface area contributed by atoms with Crippen LogP contribution in [0, 0.1) is 12.7 Å². The lowest BCUT2D eigenvalue weighted by Crippen LogP contribution is -2.49.